The second-order valence-electron chi connectivity index (χ2n) is 5.44. The van der Waals surface area contributed by atoms with Crippen molar-refractivity contribution in [2.75, 3.05) is 0 Å². The number of piperidine rings is 1. The molecule has 1 aromatic carbocycles. The lowest BCUT2D eigenvalue weighted by molar-refractivity contribution is 0.0320. The number of nitrogens with one attached hydrogen (secondary N) is 1. The topological polar surface area (TPSA) is 15.3 Å². The Kier molecular flexibility index (Phi) is 5.04. The summed E-state index contributed by atoms with van der Waals surface area (Å²) in [6.07, 6.45) is 3.96. The lowest BCUT2D eigenvalue weighted by atomic mass is 9.99. The monoisotopic (exact) mass is 358 g/mol. The molecule has 3 heteroatoms. The van der Waals surface area contributed by atoms with E-state index in [1.165, 1.54) is 28.4 Å². The summed E-state index contributed by atoms with van der Waals surface area (Å²) < 4.78 is 1.29. The highest BCUT2D eigenvalue weighted by Crippen LogP contribution is 2.23. The number of hydrazine groups is 1. The van der Waals surface area contributed by atoms with Crippen molar-refractivity contribution >= 4 is 22.6 Å². The summed E-state index contributed by atoms with van der Waals surface area (Å²) in [6.45, 7) is 6.89. The van der Waals surface area contributed by atoms with Gasteiger partial charge < -0.3 is 0 Å². The van der Waals surface area contributed by atoms with E-state index in [1.54, 1.807) is 0 Å². The Morgan fingerprint density at radius 1 is 1.17 bits per heavy atom. The third kappa shape index (κ3) is 3.45. The molecule has 18 heavy (non-hydrogen) atoms. The van der Waals surface area contributed by atoms with Gasteiger partial charge >= 0.3 is 0 Å². The van der Waals surface area contributed by atoms with Crippen LogP contribution in [-0.4, -0.2) is 17.1 Å². The number of nitrogens with zero attached hydrogens (tertiary/aromatic N) is 1. The maximum Gasteiger partial charge on any atom is 0.0436 e. The van der Waals surface area contributed by atoms with Gasteiger partial charge in [-0.05, 0) is 73.9 Å². The molecule has 0 saturated carbocycles. The molecule has 1 heterocycles. The van der Waals surface area contributed by atoms with E-state index in [0.717, 1.165) is 0 Å². The minimum Gasteiger partial charge on any atom is -0.247 e. The highest BCUT2D eigenvalue weighted by Gasteiger charge is 2.25. The maximum absolute atomic E-state index is 3.68. The first-order valence-corrected chi connectivity index (χ1v) is 7.96. The number of hydrogen-bond donors (Lipinski definition) is 1. The zero-order valence-electron chi connectivity index (χ0n) is 11.5. The summed E-state index contributed by atoms with van der Waals surface area (Å²) in [5.74, 6) is 0. The fourth-order valence-corrected chi connectivity index (χ4v) is 3.08. The van der Waals surface area contributed by atoms with Gasteiger partial charge in [-0.15, -0.1) is 0 Å². The minimum absolute atomic E-state index is 0.380. The molecule has 100 valence electrons. The van der Waals surface area contributed by atoms with Crippen LogP contribution in [0.5, 0.6) is 0 Å². The zero-order chi connectivity index (χ0) is 13.1. The van der Waals surface area contributed by atoms with Gasteiger partial charge in [0.1, 0.15) is 0 Å². The van der Waals surface area contributed by atoms with Crippen LogP contribution in [0.4, 0.5) is 0 Å². The van der Waals surface area contributed by atoms with E-state index in [9.17, 15) is 0 Å². The van der Waals surface area contributed by atoms with Crippen LogP contribution < -0.4 is 5.43 Å². The molecule has 0 amide bonds. The van der Waals surface area contributed by atoms with Gasteiger partial charge in [0, 0.05) is 21.7 Å². The maximum atomic E-state index is 3.68. The molecule has 1 aromatic rings. The highest BCUT2D eigenvalue weighted by molar-refractivity contribution is 14.1. The molecule has 1 saturated heterocycles. The van der Waals surface area contributed by atoms with Crippen LogP contribution in [0.1, 0.15) is 51.6 Å². The van der Waals surface area contributed by atoms with Crippen LogP contribution in [-0.2, 0) is 0 Å². The molecular formula is C15H23IN2. The van der Waals surface area contributed by atoms with Gasteiger partial charge in [-0.25, -0.2) is 10.4 Å². The first-order valence-electron chi connectivity index (χ1n) is 6.88. The van der Waals surface area contributed by atoms with Crippen molar-refractivity contribution in [2.45, 2.75) is 58.2 Å². The van der Waals surface area contributed by atoms with Gasteiger partial charge in [-0.1, -0.05) is 18.6 Å². The first-order chi connectivity index (χ1) is 8.58. The van der Waals surface area contributed by atoms with Crippen LogP contribution >= 0.6 is 22.6 Å². The van der Waals surface area contributed by atoms with Gasteiger partial charge in [0.05, 0.1) is 0 Å². The summed E-state index contributed by atoms with van der Waals surface area (Å²) in [5.41, 5.74) is 5.05. The highest BCUT2D eigenvalue weighted by atomic mass is 127. The second-order valence-corrected chi connectivity index (χ2v) is 6.68. The number of hydrogen-bond acceptors (Lipinski definition) is 2. The van der Waals surface area contributed by atoms with E-state index < -0.39 is 0 Å². The summed E-state index contributed by atoms with van der Waals surface area (Å²) in [5, 5.41) is 2.45. The molecule has 1 aliphatic rings. The number of benzene rings is 1. The molecule has 0 bridgehead atoms. The van der Waals surface area contributed by atoms with Crippen molar-refractivity contribution in [3.05, 3.63) is 33.4 Å². The molecule has 0 spiro atoms. The van der Waals surface area contributed by atoms with E-state index in [-0.39, 0.29) is 0 Å². The molecule has 3 atom stereocenters. The van der Waals surface area contributed by atoms with Gasteiger partial charge in [0.2, 0.25) is 0 Å². The van der Waals surface area contributed by atoms with E-state index in [4.69, 9.17) is 0 Å². The zero-order valence-corrected chi connectivity index (χ0v) is 13.6. The van der Waals surface area contributed by atoms with E-state index in [1.807, 2.05) is 0 Å². The Hall–Kier alpha value is -0.130. The smallest absolute Gasteiger partial charge is 0.0436 e. The van der Waals surface area contributed by atoms with Crippen LogP contribution in [0.3, 0.4) is 0 Å². The van der Waals surface area contributed by atoms with E-state index in [2.05, 4.69) is 78.1 Å². The fourth-order valence-electron chi connectivity index (χ4n) is 2.73. The third-order valence-electron chi connectivity index (χ3n) is 3.91. The van der Waals surface area contributed by atoms with Crippen LogP contribution in [0, 0.1) is 3.57 Å². The fraction of sp³-hybridized carbons (Fsp3) is 0.600. The van der Waals surface area contributed by atoms with Gasteiger partial charge in [0.15, 0.2) is 0 Å². The first kappa shape index (κ1) is 14.3. The van der Waals surface area contributed by atoms with Crippen LogP contribution in [0.25, 0.3) is 0 Å². The van der Waals surface area contributed by atoms with Gasteiger partial charge in [-0.2, -0.15) is 0 Å². The van der Waals surface area contributed by atoms with Gasteiger partial charge in [-0.3, -0.25) is 0 Å². The second kappa shape index (κ2) is 6.35. The largest absolute Gasteiger partial charge is 0.247 e. The molecule has 1 fully saturated rings. The molecule has 0 radical (unpaired) electrons. The molecule has 0 aromatic heterocycles. The Labute approximate surface area is 124 Å². The predicted octanol–water partition coefficient (Wildman–Crippen LogP) is 4.12. The van der Waals surface area contributed by atoms with Gasteiger partial charge in [0.25, 0.3) is 0 Å². The quantitative estimate of drug-likeness (QED) is 0.818. The summed E-state index contributed by atoms with van der Waals surface area (Å²) >= 11 is 2.35. The minimum atomic E-state index is 0.380. The molecule has 2 nitrogen and oxygen atoms in total. The van der Waals surface area contributed by atoms with Crippen molar-refractivity contribution < 1.29 is 0 Å². The molecule has 0 aliphatic carbocycles. The molecule has 1 aliphatic heterocycles. The standard InChI is InChI=1S/C15H23IN2/c1-11-5-4-6-12(2)18(11)17-13(3)14-7-9-15(16)10-8-14/h7-13,17H,4-6H2,1-3H3. The summed E-state index contributed by atoms with van der Waals surface area (Å²) in [6, 6.07) is 10.5. The van der Waals surface area contributed by atoms with Crippen molar-refractivity contribution in [1.29, 1.82) is 0 Å². The Morgan fingerprint density at radius 3 is 2.28 bits per heavy atom. The van der Waals surface area contributed by atoms with Crippen molar-refractivity contribution in [2.24, 2.45) is 0 Å². The van der Waals surface area contributed by atoms with Crippen LogP contribution in [0.15, 0.2) is 24.3 Å². The molecule has 3 unspecified atom stereocenters. The Bertz CT molecular complexity index is 367. The average Bonchev–Trinajstić information content (AvgIpc) is 2.34. The molecule has 1 N–H and O–H groups in total. The van der Waals surface area contributed by atoms with Crippen LogP contribution in [0.2, 0.25) is 0 Å². The Morgan fingerprint density at radius 2 is 1.72 bits per heavy atom. The third-order valence-corrected chi connectivity index (χ3v) is 4.63. The lowest BCUT2D eigenvalue weighted by Gasteiger charge is -2.41. The number of rotatable bonds is 3. The summed E-state index contributed by atoms with van der Waals surface area (Å²) in [7, 11) is 0. The van der Waals surface area contributed by atoms with Crippen molar-refractivity contribution in [3.63, 3.8) is 0 Å². The number of halogens is 1. The summed E-state index contributed by atoms with van der Waals surface area (Å²) in [4.78, 5) is 0. The SMILES string of the molecule is CC(NN1C(C)CCCC1C)c1ccc(I)cc1. The van der Waals surface area contributed by atoms with E-state index >= 15 is 0 Å². The predicted molar refractivity (Wildman–Crippen MR) is 85.3 cm³/mol. The molecule has 2 rings (SSSR count). The average molecular weight is 358 g/mol. The lowest BCUT2D eigenvalue weighted by Crippen LogP contribution is -2.52. The van der Waals surface area contributed by atoms with Crippen molar-refractivity contribution in [1.82, 2.24) is 10.4 Å². The molecular weight excluding hydrogens is 335 g/mol. The Balaban J connectivity index is 2.01. The van der Waals surface area contributed by atoms with E-state index in [0.29, 0.717) is 18.1 Å². The van der Waals surface area contributed by atoms with Crippen molar-refractivity contribution in [3.8, 4) is 0 Å². The normalized spacial score (nSPS) is 27.1.